The van der Waals surface area contributed by atoms with Gasteiger partial charge in [-0.3, -0.25) is 4.79 Å². The number of hydrogen-bond donors (Lipinski definition) is 0. The summed E-state index contributed by atoms with van der Waals surface area (Å²) in [6.45, 7) is 0.900. The van der Waals surface area contributed by atoms with E-state index in [2.05, 4.69) is 15.9 Å². The number of carbonyl (C=O) groups is 1. The van der Waals surface area contributed by atoms with E-state index in [0.29, 0.717) is 18.4 Å². The van der Waals surface area contributed by atoms with E-state index in [9.17, 15) is 13.6 Å². The van der Waals surface area contributed by atoms with Crippen molar-refractivity contribution < 1.29 is 13.6 Å². The molecule has 0 radical (unpaired) electrons. The largest absolute Gasteiger partial charge is 0.333 e. The Balaban J connectivity index is 2.20. The van der Waals surface area contributed by atoms with Gasteiger partial charge in [0.2, 0.25) is 0 Å². The van der Waals surface area contributed by atoms with E-state index in [-0.39, 0.29) is 11.5 Å². The second-order valence-electron chi connectivity index (χ2n) is 4.53. The van der Waals surface area contributed by atoms with Crippen molar-refractivity contribution in [3.05, 3.63) is 71.3 Å². The van der Waals surface area contributed by atoms with Crippen molar-refractivity contribution in [1.82, 2.24) is 4.90 Å². The van der Waals surface area contributed by atoms with E-state index in [4.69, 9.17) is 0 Å². The molecule has 2 aromatic rings. The summed E-state index contributed by atoms with van der Waals surface area (Å²) in [5, 5.41) is 0.606. The molecule has 1 amide bonds. The Hall–Kier alpha value is -1.75. The first-order valence-corrected chi connectivity index (χ1v) is 7.58. The minimum absolute atomic E-state index is 0.144. The predicted molar refractivity (Wildman–Crippen MR) is 81.3 cm³/mol. The molecule has 0 heterocycles. The van der Waals surface area contributed by atoms with Crippen LogP contribution in [0.2, 0.25) is 0 Å². The number of alkyl halides is 1. The number of amides is 1. The van der Waals surface area contributed by atoms with E-state index in [1.54, 1.807) is 4.90 Å². The first-order chi connectivity index (χ1) is 10.1. The lowest BCUT2D eigenvalue weighted by atomic mass is 10.1. The molecule has 2 rings (SSSR count). The zero-order chi connectivity index (χ0) is 15.2. The first kappa shape index (κ1) is 15.6. The fraction of sp³-hybridized carbons (Fsp3) is 0.188. The third-order valence-corrected chi connectivity index (χ3v) is 3.38. The SMILES string of the molecule is O=C(c1ccc(F)c(F)c1)N(CCBr)Cc1ccccc1. The van der Waals surface area contributed by atoms with Gasteiger partial charge in [-0.15, -0.1) is 0 Å². The highest BCUT2D eigenvalue weighted by molar-refractivity contribution is 9.09. The van der Waals surface area contributed by atoms with Crippen molar-refractivity contribution in [2.75, 3.05) is 11.9 Å². The van der Waals surface area contributed by atoms with Crippen LogP contribution < -0.4 is 0 Å². The molecule has 110 valence electrons. The Kier molecular flexibility index (Phi) is 5.44. The van der Waals surface area contributed by atoms with Crippen molar-refractivity contribution in [1.29, 1.82) is 0 Å². The van der Waals surface area contributed by atoms with Gasteiger partial charge in [0.1, 0.15) is 0 Å². The average Bonchev–Trinajstić information content (AvgIpc) is 2.50. The molecule has 0 saturated carbocycles. The molecule has 0 aliphatic heterocycles. The zero-order valence-corrected chi connectivity index (χ0v) is 12.8. The maximum Gasteiger partial charge on any atom is 0.254 e. The number of hydrogen-bond acceptors (Lipinski definition) is 1. The lowest BCUT2D eigenvalue weighted by Gasteiger charge is -2.22. The number of rotatable bonds is 5. The van der Waals surface area contributed by atoms with Crippen LogP contribution >= 0.6 is 15.9 Å². The highest BCUT2D eigenvalue weighted by Crippen LogP contribution is 2.14. The highest BCUT2D eigenvalue weighted by Gasteiger charge is 2.17. The summed E-state index contributed by atoms with van der Waals surface area (Å²) < 4.78 is 26.2. The first-order valence-electron chi connectivity index (χ1n) is 6.46. The minimum atomic E-state index is -1.01. The molecule has 21 heavy (non-hydrogen) atoms. The van der Waals surface area contributed by atoms with Gasteiger partial charge in [0, 0.05) is 24.0 Å². The zero-order valence-electron chi connectivity index (χ0n) is 11.2. The molecule has 2 aromatic carbocycles. The summed E-state index contributed by atoms with van der Waals surface area (Å²) in [5.74, 6) is -2.29. The van der Waals surface area contributed by atoms with Crippen molar-refractivity contribution >= 4 is 21.8 Å². The van der Waals surface area contributed by atoms with Gasteiger partial charge in [0.15, 0.2) is 11.6 Å². The van der Waals surface area contributed by atoms with Crippen LogP contribution in [0.3, 0.4) is 0 Å². The van der Waals surface area contributed by atoms with Crippen LogP contribution in [0.5, 0.6) is 0 Å². The van der Waals surface area contributed by atoms with E-state index in [1.807, 2.05) is 30.3 Å². The lowest BCUT2D eigenvalue weighted by molar-refractivity contribution is 0.0754. The van der Waals surface area contributed by atoms with Crippen LogP contribution in [0.15, 0.2) is 48.5 Å². The molecule has 2 nitrogen and oxygen atoms in total. The van der Waals surface area contributed by atoms with Crippen LogP contribution in [0.1, 0.15) is 15.9 Å². The van der Waals surface area contributed by atoms with E-state index in [0.717, 1.165) is 17.7 Å². The van der Waals surface area contributed by atoms with Gasteiger partial charge in [-0.05, 0) is 23.8 Å². The lowest BCUT2D eigenvalue weighted by Crippen LogP contribution is -2.32. The van der Waals surface area contributed by atoms with Crippen molar-refractivity contribution in [2.24, 2.45) is 0 Å². The topological polar surface area (TPSA) is 20.3 Å². The number of halogens is 3. The van der Waals surface area contributed by atoms with Crippen LogP contribution in [0.25, 0.3) is 0 Å². The van der Waals surface area contributed by atoms with Crippen molar-refractivity contribution in [2.45, 2.75) is 6.54 Å². The Bertz CT molecular complexity index is 619. The molecular formula is C16H14BrF2NO. The third-order valence-electron chi connectivity index (χ3n) is 3.02. The van der Waals surface area contributed by atoms with Crippen LogP contribution in [-0.2, 0) is 6.54 Å². The molecule has 0 saturated heterocycles. The summed E-state index contributed by atoms with van der Waals surface area (Å²) in [5.41, 5.74) is 1.13. The number of nitrogens with zero attached hydrogens (tertiary/aromatic N) is 1. The van der Waals surface area contributed by atoms with Gasteiger partial charge in [0.05, 0.1) is 0 Å². The molecule has 0 N–H and O–H groups in total. The standard InChI is InChI=1S/C16H14BrF2NO/c17-8-9-20(11-12-4-2-1-3-5-12)16(21)13-6-7-14(18)15(19)10-13/h1-7,10H,8-9,11H2. The quantitative estimate of drug-likeness (QED) is 0.744. The molecule has 0 aromatic heterocycles. The monoisotopic (exact) mass is 353 g/mol. The smallest absolute Gasteiger partial charge is 0.254 e. The summed E-state index contributed by atoms with van der Waals surface area (Å²) in [6.07, 6.45) is 0. The van der Waals surface area contributed by atoms with Crippen molar-refractivity contribution in [3.8, 4) is 0 Å². The predicted octanol–water partition coefficient (Wildman–Crippen LogP) is 4.00. The van der Waals surface area contributed by atoms with E-state index in [1.165, 1.54) is 6.07 Å². The van der Waals surface area contributed by atoms with Gasteiger partial charge in [-0.2, -0.15) is 0 Å². The third kappa shape index (κ3) is 4.11. The summed E-state index contributed by atoms with van der Waals surface area (Å²) in [7, 11) is 0. The maximum atomic E-state index is 13.3. The minimum Gasteiger partial charge on any atom is -0.333 e. The average molecular weight is 354 g/mol. The summed E-state index contributed by atoms with van der Waals surface area (Å²) >= 11 is 3.30. The Morgan fingerprint density at radius 3 is 2.38 bits per heavy atom. The maximum absolute atomic E-state index is 13.3. The van der Waals surface area contributed by atoms with Gasteiger partial charge >= 0.3 is 0 Å². The highest BCUT2D eigenvalue weighted by atomic mass is 79.9. The fourth-order valence-electron chi connectivity index (χ4n) is 1.97. The molecule has 0 spiro atoms. The van der Waals surface area contributed by atoms with Crippen LogP contribution in [0.4, 0.5) is 8.78 Å². The van der Waals surface area contributed by atoms with Crippen molar-refractivity contribution in [3.63, 3.8) is 0 Å². The number of benzene rings is 2. The summed E-state index contributed by atoms with van der Waals surface area (Å²) in [4.78, 5) is 14.0. The van der Waals surface area contributed by atoms with Gasteiger partial charge in [-0.1, -0.05) is 46.3 Å². The van der Waals surface area contributed by atoms with Crippen LogP contribution in [0, 0.1) is 11.6 Å². The molecule has 0 bridgehead atoms. The normalized spacial score (nSPS) is 10.4. The molecule has 0 fully saturated rings. The van der Waals surface area contributed by atoms with Gasteiger partial charge < -0.3 is 4.90 Å². The van der Waals surface area contributed by atoms with E-state index < -0.39 is 11.6 Å². The second-order valence-corrected chi connectivity index (χ2v) is 5.32. The molecule has 0 atom stereocenters. The van der Waals surface area contributed by atoms with Crippen LogP contribution in [-0.4, -0.2) is 22.7 Å². The Morgan fingerprint density at radius 2 is 1.76 bits per heavy atom. The molecule has 0 unspecified atom stereocenters. The summed E-state index contributed by atoms with van der Waals surface area (Å²) in [6, 6.07) is 12.7. The molecular weight excluding hydrogens is 340 g/mol. The molecule has 0 aliphatic carbocycles. The Morgan fingerprint density at radius 1 is 1.05 bits per heavy atom. The fourth-order valence-corrected chi connectivity index (χ4v) is 2.40. The van der Waals surface area contributed by atoms with Gasteiger partial charge in [-0.25, -0.2) is 8.78 Å². The molecule has 5 heteroatoms. The second kappa shape index (κ2) is 7.31. The molecule has 0 aliphatic rings. The Labute approximate surface area is 130 Å². The van der Waals surface area contributed by atoms with E-state index >= 15 is 0 Å². The van der Waals surface area contributed by atoms with Gasteiger partial charge in [0.25, 0.3) is 5.91 Å². The number of carbonyl (C=O) groups excluding carboxylic acids is 1.